The molecule has 1 aromatic carbocycles. The van der Waals surface area contributed by atoms with Gasteiger partial charge >= 0.3 is 6.03 Å². The number of H-pyrrole nitrogens is 1. The third kappa shape index (κ3) is 5.19. The molecule has 1 aliphatic rings. The van der Waals surface area contributed by atoms with E-state index in [1.54, 1.807) is 50.0 Å². The van der Waals surface area contributed by atoms with Crippen molar-refractivity contribution in [3.8, 4) is 10.6 Å². The van der Waals surface area contributed by atoms with E-state index in [4.69, 9.17) is 0 Å². The van der Waals surface area contributed by atoms with Crippen molar-refractivity contribution in [2.75, 3.05) is 23.7 Å². The lowest BCUT2D eigenvalue weighted by Crippen LogP contribution is -2.46. The quantitative estimate of drug-likeness (QED) is 0.207. The number of amides is 4. The topological polar surface area (TPSA) is 145 Å². The van der Waals surface area contributed by atoms with Crippen molar-refractivity contribution in [3.05, 3.63) is 60.8 Å². The summed E-state index contributed by atoms with van der Waals surface area (Å²) >= 11 is 1.58. The van der Waals surface area contributed by atoms with Gasteiger partial charge in [-0.3, -0.25) is 14.9 Å². The van der Waals surface area contributed by atoms with Gasteiger partial charge in [0.15, 0.2) is 0 Å². The highest BCUT2D eigenvalue weighted by Gasteiger charge is 2.45. The van der Waals surface area contributed by atoms with E-state index >= 15 is 0 Å². The third-order valence-electron chi connectivity index (χ3n) is 5.93. The van der Waals surface area contributed by atoms with E-state index < -0.39 is 11.6 Å². The molecular formula is C25H24N8O3S. The Hall–Kier alpha value is -4.58. The molecule has 0 aliphatic carbocycles. The fourth-order valence-electron chi connectivity index (χ4n) is 3.89. The lowest BCUT2D eigenvalue weighted by Gasteiger charge is -2.27. The molecule has 5 rings (SSSR count). The number of hydrogen-bond donors (Lipinski definition) is 4. The SMILES string of the molecule is CC1(C)C(=O)NC(=O)N1CCNc1nccc(-c2cc3cc(NC(=O)C=Cc4c[nH]cn4)ccc3s2)n1. The fourth-order valence-corrected chi connectivity index (χ4v) is 4.90. The zero-order valence-electron chi connectivity index (χ0n) is 20.1. The second-order valence-corrected chi connectivity index (χ2v) is 9.93. The van der Waals surface area contributed by atoms with Crippen molar-refractivity contribution >= 4 is 57.0 Å². The number of imide groups is 1. The summed E-state index contributed by atoms with van der Waals surface area (Å²) in [5, 5.41) is 9.31. The molecule has 11 nitrogen and oxygen atoms in total. The summed E-state index contributed by atoms with van der Waals surface area (Å²) in [5.41, 5.74) is 1.21. The summed E-state index contributed by atoms with van der Waals surface area (Å²) in [7, 11) is 0. The number of carbonyl (C=O) groups excluding carboxylic acids is 3. The lowest BCUT2D eigenvalue weighted by molar-refractivity contribution is -0.125. The third-order valence-corrected chi connectivity index (χ3v) is 7.07. The van der Waals surface area contributed by atoms with Crippen LogP contribution >= 0.6 is 11.3 Å². The Morgan fingerprint density at radius 3 is 2.81 bits per heavy atom. The molecule has 1 saturated heterocycles. The molecule has 0 atom stereocenters. The number of hydrogen-bond acceptors (Lipinski definition) is 8. The lowest BCUT2D eigenvalue weighted by atomic mass is 10.0. The average Bonchev–Trinajstić information content (AvgIpc) is 3.58. The van der Waals surface area contributed by atoms with Crippen molar-refractivity contribution in [3.63, 3.8) is 0 Å². The number of carbonyl (C=O) groups is 3. The standard InChI is InChI=1S/C25H24N8O3S/c1-25(2)22(35)32-24(36)33(25)10-9-28-23-27-8-7-18(31-23)20-12-15-11-16(3-5-19(15)37-20)30-21(34)6-4-17-13-26-14-29-17/h3-8,11-14H,9-10H2,1-2H3,(H,26,29)(H,30,34)(H,27,28,31)(H,32,35,36). The molecule has 0 saturated carbocycles. The van der Waals surface area contributed by atoms with Crippen LogP contribution in [0.1, 0.15) is 19.5 Å². The van der Waals surface area contributed by atoms with Gasteiger partial charge in [0.05, 0.1) is 22.6 Å². The predicted molar refractivity (Wildman–Crippen MR) is 142 cm³/mol. The van der Waals surface area contributed by atoms with Gasteiger partial charge in [0, 0.05) is 41.9 Å². The van der Waals surface area contributed by atoms with Crippen LogP contribution in [0, 0.1) is 0 Å². The van der Waals surface area contributed by atoms with Gasteiger partial charge in [0.25, 0.3) is 5.91 Å². The smallest absolute Gasteiger partial charge is 0.325 e. The molecule has 4 aromatic rings. The van der Waals surface area contributed by atoms with Gasteiger partial charge in [-0.25, -0.2) is 19.7 Å². The van der Waals surface area contributed by atoms with E-state index in [0.29, 0.717) is 30.4 Å². The number of nitrogens with zero attached hydrogens (tertiary/aromatic N) is 4. The fraction of sp³-hybridized carbons (Fsp3) is 0.200. The number of imidazole rings is 1. The summed E-state index contributed by atoms with van der Waals surface area (Å²) in [5.74, 6) is -0.132. The molecule has 0 spiro atoms. The van der Waals surface area contributed by atoms with Crippen LogP contribution in [0.5, 0.6) is 0 Å². The van der Waals surface area contributed by atoms with Crippen molar-refractivity contribution in [2.45, 2.75) is 19.4 Å². The summed E-state index contributed by atoms with van der Waals surface area (Å²) in [4.78, 5) is 54.4. The van der Waals surface area contributed by atoms with Gasteiger partial charge in [-0.1, -0.05) is 0 Å². The highest BCUT2D eigenvalue weighted by molar-refractivity contribution is 7.22. The number of thiophene rings is 1. The molecule has 1 aliphatic heterocycles. The number of nitrogens with one attached hydrogen (secondary N) is 4. The Kier molecular flexibility index (Phi) is 6.40. The zero-order chi connectivity index (χ0) is 26.0. The van der Waals surface area contributed by atoms with Gasteiger partial charge in [0.1, 0.15) is 5.54 Å². The van der Waals surface area contributed by atoms with Crippen LogP contribution in [0.15, 0.2) is 55.1 Å². The number of anilines is 2. The van der Waals surface area contributed by atoms with Crippen LogP contribution in [-0.2, 0) is 9.59 Å². The average molecular weight is 517 g/mol. The maximum atomic E-state index is 12.2. The van der Waals surface area contributed by atoms with Crippen molar-refractivity contribution < 1.29 is 14.4 Å². The second kappa shape index (κ2) is 9.82. The Balaban J connectivity index is 1.24. The molecule has 0 bridgehead atoms. The summed E-state index contributed by atoms with van der Waals surface area (Å²) in [6, 6.07) is 9.18. The first-order valence-corrected chi connectivity index (χ1v) is 12.3. The molecule has 188 valence electrons. The number of aromatic amines is 1. The van der Waals surface area contributed by atoms with Crippen LogP contribution in [0.4, 0.5) is 16.4 Å². The van der Waals surface area contributed by atoms with Crippen molar-refractivity contribution in [1.82, 2.24) is 30.2 Å². The maximum Gasteiger partial charge on any atom is 0.325 e. The number of rotatable bonds is 8. The minimum Gasteiger partial charge on any atom is -0.352 e. The van der Waals surface area contributed by atoms with E-state index in [9.17, 15) is 14.4 Å². The van der Waals surface area contributed by atoms with E-state index in [1.165, 1.54) is 11.0 Å². The maximum absolute atomic E-state index is 12.2. The van der Waals surface area contributed by atoms with Gasteiger partial charge in [0.2, 0.25) is 11.9 Å². The van der Waals surface area contributed by atoms with Gasteiger partial charge in [-0.2, -0.15) is 0 Å². The first-order valence-electron chi connectivity index (χ1n) is 11.5. The van der Waals surface area contributed by atoms with Crippen LogP contribution in [-0.4, -0.2) is 61.3 Å². The van der Waals surface area contributed by atoms with E-state index in [0.717, 1.165) is 20.7 Å². The van der Waals surface area contributed by atoms with Gasteiger partial charge < -0.3 is 20.5 Å². The highest BCUT2D eigenvalue weighted by atomic mass is 32.1. The second-order valence-electron chi connectivity index (χ2n) is 8.84. The molecule has 1 fully saturated rings. The Labute approximate surface area is 216 Å². The number of benzene rings is 1. The highest BCUT2D eigenvalue weighted by Crippen LogP contribution is 2.34. The monoisotopic (exact) mass is 516 g/mol. The molecular weight excluding hydrogens is 492 g/mol. The Morgan fingerprint density at radius 1 is 1.19 bits per heavy atom. The molecule has 37 heavy (non-hydrogen) atoms. The molecule has 4 amide bonds. The minimum absolute atomic E-state index is 0.247. The Morgan fingerprint density at radius 2 is 2.05 bits per heavy atom. The molecule has 4 N–H and O–H groups in total. The zero-order valence-corrected chi connectivity index (χ0v) is 20.9. The number of fused-ring (bicyclic) bond motifs is 1. The van der Waals surface area contributed by atoms with Crippen LogP contribution in [0.2, 0.25) is 0 Å². The molecule has 0 radical (unpaired) electrons. The van der Waals surface area contributed by atoms with Crippen LogP contribution in [0.25, 0.3) is 26.7 Å². The van der Waals surface area contributed by atoms with E-state index in [-0.39, 0.29) is 11.8 Å². The summed E-state index contributed by atoms with van der Waals surface area (Å²) in [6.45, 7) is 4.13. The van der Waals surface area contributed by atoms with Crippen LogP contribution in [0.3, 0.4) is 0 Å². The Bertz CT molecular complexity index is 1510. The molecule has 4 heterocycles. The number of urea groups is 1. The normalized spacial score (nSPS) is 14.9. The predicted octanol–water partition coefficient (Wildman–Crippen LogP) is 3.48. The van der Waals surface area contributed by atoms with Gasteiger partial charge in [-0.15, -0.1) is 11.3 Å². The van der Waals surface area contributed by atoms with Crippen LogP contribution < -0.4 is 16.0 Å². The summed E-state index contributed by atoms with van der Waals surface area (Å²) in [6.07, 6.45) is 7.99. The minimum atomic E-state index is -0.896. The first-order chi connectivity index (χ1) is 17.8. The molecule has 0 unspecified atom stereocenters. The summed E-state index contributed by atoms with van der Waals surface area (Å²) < 4.78 is 1.06. The van der Waals surface area contributed by atoms with Crippen molar-refractivity contribution in [1.29, 1.82) is 0 Å². The van der Waals surface area contributed by atoms with Gasteiger partial charge in [-0.05, 0) is 55.6 Å². The number of aromatic nitrogens is 4. The van der Waals surface area contributed by atoms with E-state index in [2.05, 4.69) is 35.9 Å². The van der Waals surface area contributed by atoms with E-state index in [1.807, 2.05) is 30.3 Å². The first kappa shape index (κ1) is 24.1. The van der Waals surface area contributed by atoms with Crippen molar-refractivity contribution in [2.24, 2.45) is 0 Å². The largest absolute Gasteiger partial charge is 0.352 e. The molecule has 3 aromatic heterocycles. The molecule has 12 heteroatoms.